The summed E-state index contributed by atoms with van der Waals surface area (Å²) in [4.78, 5) is 0. The zero-order valence-electron chi connectivity index (χ0n) is 13.8. The van der Waals surface area contributed by atoms with Crippen LogP contribution in [0.15, 0.2) is 53.6 Å². The monoisotopic (exact) mass is 387 g/mol. The van der Waals surface area contributed by atoms with Crippen molar-refractivity contribution in [2.75, 3.05) is 21.3 Å². The highest BCUT2D eigenvalue weighted by Gasteiger charge is 2.16. The van der Waals surface area contributed by atoms with Crippen molar-refractivity contribution in [1.82, 2.24) is 4.57 Å². The Hall–Kier alpha value is -2.40. The van der Waals surface area contributed by atoms with Gasteiger partial charge < -0.3 is 18.8 Å². The normalized spacial score (nSPS) is 10.7. The quantitative estimate of drug-likeness (QED) is 0.620. The topological polar surface area (TPSA) is 32.6 Å². The largest absolute Gasteiger partial charge is 0.493 e. The van der Waals surface area contributed by atoms with Crippen LogP contribution in [-0.4, -0.2) is 25.9 Å². The van der Waals surface area contributed by atoms with Gasteiger partial charge in [-0.15, -0.1) is 0 Å². The van der Waals surface area contributed by atoms with Gasteiger partial charge in [-0.25, -0.2) is 0 Å². The van der Waals surface area contributed by atoms with Crippen molar-refractivity contribution < 1.29 is 14.2 Å². The fraction of sp³-hybridized carbons (Fsp3) is 0.158. The molecule has 0 amide bonds. The van der Waals surface area contributed by atoms with Crippen LogP contribution in [0.5, 0.6) is 17.2 Å². The summed E-state index contributed by atoms with van der Waals surface area (Å²) in [6, 6.07) is 12.0. The number of fused-ring (bicyclic) bond motifs is 1. The summed E-state index contributed by atoms with van der Waals surface area (Å²) in [6.07, 6.45) is 2.00. The third-order valence-electron chi connectivity index (χ3n) is 3.94. The number of aromatic nitrogens is 1. The molecule has 1 aromatic heterocycles. The summed E-state index contributed by atoms with van der Waals surface area (Å²) in [5.74, 6) is 1.78. The minimum Gasteiger partial charge on any atom is -0.493 e. The fourth-order valence-corrected chi connectivity index (χ4v) is 3.11. The summed E-state index contributed by atoms with van der Waals surface area (Å²) in [5, 5.41) is 1.14. The van der Waals surface area contributed by atoms with E-state index in [1.54, 1.807) is 21.3 Å². The molecule has 1 heterocycles. The highest BCUT2D eigenvalue weighted by Crippen LogP contribution is 2.40. The van der Waals surface area contributed by atoms with Gasteiger partial charge in [0.05, 0.1) is 26.8 Å². The van der Waals surface area contributed by atoms with E-state index in [9.17, 15) is 0 Å². The van der Waals surface area contributed by atoms with Crippen LogP contribution in [-0.2, 0) is 0 Å². The molecule has 124 valence electrons. The van der Waals surface area contributed by atoms with Crippen molar-refractivity contribution in [2.24, 2.45) is 0 Å². The van der Waals surface area contributed by atoms with Crippen LogP contribution < -0.4 is 14.2 Å². The zero-order valence-corrected chi connectivity index (χ0v) is 15.4. The second kappa shape index (κ2) is 6.61. The molecule has 5 heteroatoms. The maximum Gasteiger partial charge on any atom is 0.203 e. The van der Waals surface area contributed by atoms with Crippen LogP contribution in [0.25, 0.3) is 16.6 Å². The lowest BCUT2D eigenvalue weighted by molar-refractivity contribution is 0.324. The van der Waals surface area contributed by atoms with Crippen LogP contribution in [0.1, 0.15) is 5.56 Å². The van der Waals surface area contributed by atoms with Gasteiger partial charge in [0.15, 0.2) is 11.5 Å². The molecule has 24 heavy (non-hydrogen) atoms. The molecule has 3 rings (SSSR count). The minimum absolute atomic E-state index is 0.567. The van der Waals surface area contributed by atoms with Gasteiger partial charge in [0.2, 0.25) is 5.75 Å². The van der Waals surface area contributed by atoms with Gasteiger partial charge in [0.1, 0.15) is 0 Å². The lowest BCUT2D eigenvalue weighted by Crippen LogP contribution is -2.00. The number of methoxy groups -OCH3 is 3. The molecule has 0 saturated carbocycles. The van der Waals surface area contributed by atoms with Gasteiger partial charge in [-0.2, -0.15) is 0 Å². The first kappa shape index (κ1) is 16.5. The summed E-state index contributed by atoms with van der Waals surface area (Å²) in [6.45, 7) is 4.25. The Bertz CT molecular complexity index is 889. The maximum absolute atomic E-state index is 5.43. The Morgan fingerprint density at radius 1 is 0.958 bits per heavy atom. The molecule has 0 aliphatic heterocycles. The standard InChI is InChI=1S/C19H18BrNO3/c1-12(21-8-7-13-9-15(20)5-6-16(13)21)14-10-17(22-2)19(24-4)18(11-14)23-3/h5-11H,1H2,2-4H3. The fourth-order valence-electron chi connectivity index (χ4n) is 2.74. The zero-order chi connectivity index (χ0) is 17.3. The van der Waals surface area contributed by atoms with Crippen LogP contribution in [0.3, 0.4) is 0 Å². The van der Waals surface area contributed by atoms with Gasteiger partial charge in [0, 0.05) is 27.3 Å². The molecule has 0 unspecified atom stereocenters. The van der Waals surface area contributed by atoms with E-state index in [1.807, 2.05) is 29.0 Å². The van der Waals surface area contributed by atoms with E-state index >= 15 is 0 Å². The molecule has 0 atom stereocenters. The van der Waals surface area contributed by atoms with Crippen LogP contribution >= 0.6 is 15.9 Å². The van der Waals surface area contributed by atoms with E-state index in [-0.39, 0.29) is 0 Å². The van der Waals surface area contributed by atoms with Gasteiger partial charge in [-0.3, -0.25) is 0 Å². The van der Waals surface area contributed by atoms with Gasteiger partial charge in [-0.1, -0.05) is 22.5 Å². The first-order chi connectivity index (χ1) is 11.6. The molecule has 0 aliphatic rings. The van der Waals surface area contributed by atoms with E-state index in [4.69, 9.17) is 14.2 Å². The first-order valence-corrected chi connectivity index (χ1v) is 8.14. The van der Waals surface area contributed by atoms with Crippen molar-refractivity contribution in [2.45, 2.75) is 0 Å². The van der Waals surface area contributed by atoms with Gasteiger partial charge in [0.25, 0.3) is 0 Å². The Labute approximate surface area is 149 Å². The molecule has 0 N–H and O–H groups in total. The molecular formula is C19H18BrNO3. The average Bonchev–Trinajstić information content (AvgIpc) is 3.02. The first-order valence-electron chi connectivity index (χ1n) is 7.35. The van der Waals surface area contributed by atoms with Gasteiger partial charge in [-0.05, 0) is 36.4 Å². The van der Waals surface area contributed by atoms with Crippen molar-refractivity contribution in [3.05, 3.63) is 59.2 Å². The summed E-state index contributed by atoms with van der Waals surface area (Å²) < 4.78 is 19.3. The van der Waals surface area contributed by atoms with Crippen LogP contribution in [0.2, 0.25) is 0 Å². The van der Waals surface area contributed by atoms with E-state index < -0.39 is 0 Å². The predicted molar refractivity (Wildman–Crippen MR) is 100 cm³/mol. The molecule has 0 spiro atoms. The molecule has 3 aromatic rings. The number of ether oxygens (including phenoxy) is 3. The molecule has 0 saturated heterocycles. The summed E-state index contributed by atoms with van der Waals surface area (Å²) in [7, 11) is 4.80. The number of rotatable bonds is 5. The highest BCUT2D eigenvalue weighted by atomic mass is 79.9. The van der Waals surface area contributed by atoms with E-state index in [0.29, 0.717) is 17.2 Å². The Balaban J connectivity index is 2.12. The highest BCUT2D eigenvalue weighted by molar-refractivity contribution is 9.10. The third-order valence-corrected chi connectivity index (χ3v) is 4.43. The second-order valence-electron chi connectivity index (χ2n) is 5.25. The molecule has 0 aliphatic carbocycles. The number of benzene rings is 2. The lowest BCUT2D eigenvalue weighted by Gasteiger charge is -2.16. The third kappa shape index (κ3) is 2.76. The molecule has 0 fully saturated rings. The van der Waals surface area contributed by atoms with Crippen molar-refractivity contribution in [3.8, 4) is 17.2 Å². The minimum atomic E-state index is 0.567. The number of nitrogens with zero attached hydrogens (tertiary/aromatic N) is 1. The van der Waals surface area contributed by atoms with E-state index in [2.05, 4.69) is 40.7 Å². The van der Waals surface area contributed by atoms with Crippen molar-refractivity contribution in [3.63, 3.8) is 0 Å². The van der Waals surface area contributed by atoms with Crippen LogP contribution in [0, 0.1) is 0 Å². The Morgan fingerprint density at radius 2 is 1.62 bits per heavy atom. The Kier molecular flexibility index (Phi) is 4.53. The van der Waals surface area contributed by atoms with Crippen LogP contribution in [0.4, 0.5) is 0 Å². The average molecular weight is 388 g/mol. The second-order valence-corrected chi connectivity index (χ2v) is 6.17. The van der Waals surface area contributed by atoms with Crippen molar-refractivity contribution >= 4 is 32.5 Å². The number of hydrogen-bond donors (Lipinski definition) is 0. The van der Waals surface area contributed by atoms with E-state index in [1.165, 1.54) is 0 Å². The molecule has 0 bridgehead atoms. The summed E-state index contributed by atoms with van der Waals surface area (Å²) in [5.41, 5.74) is 2.80. The number of hydrogen-bond acceptors (Lipinski definition) is 3. The molecule has 0 radical (unpaired) electrons. The SMILES string of the molecule is C=C(c1cc(OC)c(OC)c(OC)c1)n1ccc2cc(Br)ccc21. The maximum atomic E-state index is 5.43. The lowest BCUT2D eigenvalue weighted by atomic mass is 10.1. The van der Waals surface area contributed by atoms with E-state index in [0.717, 1.165) is 26.6 Å². The smallest absolute Gasteiger partial charge is 0.203 e. The molecular weight excluding hydrogens is 370 g/mol. The van der Waals surface area contributed by atoms with Gasteiger partial charge >= 0.3 is 0 Å². The predicted octanol–water partition coefficient (Wildman–Crippen LogP) is 4.95. The Morgan fingerprint density at radius 3 is 2.21 bits per heavy atom. The molecule has 2 aromatic carbocycles. The summed E-state index contributed by atoms with van der Waals surface area (Å²) >= 11 is 3.50. The van der Waals surface area contributed by atoms with Crippen molar-refractivity contribution in [1.29, 1.82) is 0 Å². The molecule has 4 nitrogen and oxygen atoms in total. The number of halogens is 1.